The SMILES string of the molecule is Cc1ccc(Nc2c(-c3ccc(F)cc3)nc3n2CCN(C(=O)[C@@H]2Cc4nc[nH]c4CN2)C3)cc1. The van der Waals surface area contributed by atoms with Crippen LogP contribution in [-0.2, 0) is 30.8 Å². The third-order valence-corrected chi connectivity index (χ3v) is 6.74. The highest BCUT2D eigenvalue weighted by atomic mass is 19.1. The van der Waals surface area contributed by atoms with Gasteiger partial charge in [0, 0.05) is 37.3 Å². The minimum Gasteiger partial charge on any atom is -0.347 e. The van der Waals surface area contributed by atoms with Gasteiger partial charge in [-0.15, -0.1) is 0 Å². The van der Waals surface area contributed by atoms with Crippen LogP contribution in [0.2, 0.25) is 0 Å². The van der Waals surface area contributed by atoms with Crippen LogP contribution in [0.1, 0.15) is 22.8 Å². The van der Waals surface area contributed by atoms with Gasteiger partial charge < -0.3 is 19.8 Å². The molecule has 2 aromatic heterocycles. The lowest BCUT2D eigenvalue weighted by Crippen LogP contribution is -2.51. The Hall–Kier alpha value is -3.98. The van der Waals surface area contributed by atoms with Gasteiger partial charge in [-0.2, -0.15) is 0 Å². The van der Waals surface area contributed by atoms with Crippen molar-refractivity contribution < 1.29 is 9.18 Å². The molecule has 2 aliphatic heterocycles. The van der Waals surface area contributed by atoms with Crippen LogP contribution in [0.25, 0.3) is 11.3 Å². The molecule has 0 unspecified atom stereocenters. The Morgan fingerprint density at radius 3 is 2.71 bits per heavy atom. The number of carbonyl (C=O) groups excluding carboxylic acids is 1. The fraction of sp³-hybridized carbons (Fsp3) is 0.269. The first-order valence-corrected chi connectivity index (χ1v) is 11.8. The largest absolute Gasteiger partial charge is 0.347 e. The first kappa shape index (κ1) is 21.5. The molecule has 0 radical (unpaired) electrons. The Bertz CT molecular complexity index is 1370. The highest BCUT2D eigenvalue weighted by Crippen LogP contribution is 2.33. The average Bonchev–Trinajstić information content (AvgIpc) is 3.49. The summed E-state index contributed by atoms with van der Waals surface area (Å²) in [6.07, 6.45) is 2.25. The van der Waals surface area contributed by atoms with Gasteiger partial charge in [0.25, 0.3) is 0 Å². The number of rotatable bonds is 4. The monoisotopic (exact) mass is 471 g/mol. The second-order valence-electron chi connectivity index (χ2n) is 9.10. The van der Waals surface area contributed by atoms with Crippen LogP contribution in [0.3, 0.4) is 0 Å². The molecule has 6 rings (SSSR count). The van der Waals surface area contributed by atoms with Crippen molar-refractivity contribution >= 4 is 17.4 Å². The highest BCUT2D eigenvalue weighted by molar-refractivity contribution is 5.83. The van der Waals surface area contributed by atoms with E-state index in [4.69, 9.17) is 4.98 Å². The maximum atomic E-state index is 13.6. The second kappa shape index (κ2) is 8.66. The Morgan fingerprint density at radius 1 is 1.11 bits per heavy atom. The Morgan fingerprint density at radius 2 is 1.91 bits per heavy atom. The molecule has 0 fully saturated rings. The molecule has 0 saturated carbocycles. The second-order valence-corrected chi connectivity index (χ2v) is 9.10. The summed E-state index contributed by atoms with van der Waals surface area (Å²) in [6, 6.07) is 14.2. The Kier molecular flexibility index (Phi) is 5.33. The van der Waals surface area contributed by atoms with Crippen LogP contribution in [0.4, 0.5) is 15.9 Å². The number of hydrogen-bond acceptors (Lipinski definition) is 5. The van der Waals surface area contributed by atoms with E-state index < -0.39 is 0 Å². The summed E-state index contributed by atoms with van der Waals surface area (Å²) >= 11 is 0. The van der Waals surface area contributed by atoms with E-state index in [-0.39, 0.29) is 17.8 Å². The van der Waals surface area contributed by atoms with Gasteiger partial charge in [-0.3, -0.25) is 10.1 Å². The summed E-state index contributed by atoms with van der Waals surface area (Å²) in [5.41, 5.74) is 5.67. The zero-order valence-corrected chi connectivity index (χ0v) is 19.4. The number of carbonyl (C=O) groups is 1. The lowest BCUT2D eigenvalue weighted by atomic mass is 10.0. The fourth-order valence-electron chi connectivity index (χ4n) is 4.79. The first-order valence-electron chi connectivity index (χ1n) is 11.8. The van der Waals surface area contributed by atoms with Crippen molar-refractivity contribution in [1.29, 1.82) is 0 Å². The van der Waals surface area contributed by atoms with Crippen LogP contribution in [-0.4, -0.2) is 42.9 Å². The minimum absolute atomic E-state index is 0.0595. The number of anilines is 2. The van der Waals surface area contributed by atoms with Crippen molar-refractivity contribution in [3.63, 3.8) is 0 Å². The summed E-state index contributed by atoms with van der Waals surface area (Å²) in [4.78, 5) is 27.6. The number of hydrogen-bond donors (Lipinski definition) is 3. The third-order valence-electron chi connectivity index (χ3n) is 6.74. The topological polar surface area (TPSA) is 90.9 Å². The summed E-state index contributed by atoms with van der Waals surface area (Å²) in [6.45, 7) is 4.26. The summed E-state index contributed by atoms with van der Waals surface area (Å²) in [5.74, 6) is 1.42. The van der Waals surface area contributed by atoms with Crippen molar-refractivity contribution in [3.05, 3.63) is 83.5 Å². The number of nitrogens with zero attached hydrogens (tertiary/aromatic N) is 4. The van der Waals surface area contributed by atoms with Crippen LogP contribution >= 0.6 is 0 Å². The number of fused-ring (bicyclic) bond motifs is 2. The van der Waals surface area contributed by atoms with Crippen LogP contribution in [0, 0.1) is 12.7 Å². The molecule has 4 aromatic rings. The Balaban J connectivity index is 1.30. The lowest BCUT2D eigenvalue weighted by Gasteiger charge is -2.33. The van der Waals surface area contributed by atoms with Gasteiger partial charge in [0.2, 0.25) is 5.91 Å². The molecule has 0 aliphatic carbocycles. The summed E-state index contributed by atoms with van der Waals surface area (Å²) in [5, 5.41) is 6.85. The predicted octanol–water partition coefficient (Wildman–Crippen LogP) is 3.52. The number of H-pyrrole nitrogens is 1. The molecule has 2 aliphatic rings. The van der Waals surface area contributed by atoms with Crippen molar-refractivity contribution in [2.45, 2.75) is 39.0 Å². The molecule has 178 valence electrons. The van der Waals surface area contributed by atoms with Gasteiger partial charge in [-0.25, -0.2) is 14.4 Å². The quantitative estimate of drug-likeness (QED) is 0.424. The van der Waals surface area contributed by atoms with E-state index in [9.17, 15) is 9.18 Å². The number of halogens is 1. The molecule has 1 amide bonds. The molecule has 9 heteroatoms. The molecular weight excluding hydrogens is 445 g/mol. The van der Waals surface area contributed by atoms with E-state index in [1.165, 1.54) is 17.7 Å². The smallest absolute Gasteiger partial charge is 0.240 e. The standard InChI is InChI=1S/C26H26FN7O/c1-16-2-8-19(9-3-16)31-25-24(17-4-6-18(27)7-5-17)32-23-14-33(10-11-34(23)25)26(35)21-12-20-22(13-28-21)30-15-29-20/h2-9,15,21,28,31H,10-14H2,1H3,(H,29,30)/t21-/m0/s1. The molecule has 8 nitrogen and oxygen atoms in total. The number of imidazole rings is 2. The normalized spacial score (nSPS) is 17.1. The van der Waals surface area contributed by atoms with Crippen molar-refractivity contribution in [3.8, 4) is 11.3 Å². The number of nitrogens with one attached hydrogen (secondary N) is 3. The van der Waals surface area contributed by atoms with Gasteiger partial charge in [0.1, 0.15) is 23.2 Å². The molecule has 3 N–H and O–H groups in total. The van der Waals surface area contributed by atoms with E-state index in [0.29, 0.717) is 32.6 Å². The third kappa shape index (κ3) is 4.08. The van der Waals surface area contributed by atoms with Gasteiger partial charge in [0.15, 0.2) is 0 Å². The van der Waals surface area contributed by atoms with Crippen LogP contribution in [0.5, 0.6) is 0 Å². The summed E-state index contributed by atoms with van der Waals surface area (Å²) < 4.78 is 15.7. The molecule has 35 heavy (non-hydrogen) atoms. The number of amides is 1. The first-order chi connectivity index (χ1) is 17.0. The van der Waals surface area contributed by atoms with E-state index in [0.717, 1.165) is 40.0 Å². The van der Waals surface area contributed by atoms with Gasteiger partial charge in [-0.05, 0) is 43.3 Å². The number of aryl methyl sites for hydroxylation is 1. The molecule has 4 heterocycles. The Labute approximate surface area is 202 Å². The zero-order chi connectivity index (χ0) is 23.9. The van der Waals surface area contributed by atoms with E-state index in [1.54, 1.807) is 18.5 Å². The molecular formula is C26H26FN7O. The van der Waals surface area contributed by atoms with E-state index >= 15 is 0 Å². The van der Waals surface area contributed by atoms with Crippen molar-refractivity contribution in [1.82, 2.24) is 29.7 Å². The van der Waals surface area contributed by atoms with E-state index in [2.05, 4.69) is 37.3 Å². The van der Waals surface area contributed by atoms with Crippen LogP contribution in [0.15, 0.2) is 54.9 Å². The minimum atomic E-state index is -0.297. The number of aromatic amines is 1. The fourth-order valence-corrected chi connectivity index (χ4v) is 4.79. The number of benzene rings is 2. The maximum absolute atomic E-state index is 13.6. The average molecular weight is 472 g/mol. The molecule has 0 saturated heterocycles. The molecule has 1 atom stereocenters. The predicted molar refractivity (Wildman–Crippen MR) is 130 cm³/mol. The van der Waals surface area contributed by atoms with Gasteiger partial charge >= 0.3 is 0 Å². The molecule has 0 bridgehead atoms. The molecule has 2 aromatic carbocycles. The van der Waals surface area contributed by atoms with Gasteiger partial charge in [0.05, 0.1) is 30.3 Å². The number of aromatic nitrogens is 4. The van der Waals surface area contributed by atoms with Gasteiger partial charge in [-0.1, -0.05) is 17.7 Å². The molecule has 0 spiro atoms. The summed E-state index contributed by atoms with van der Waals surface area (Å²) in [7, 11) is 0. The van der Waals surface area contributed by atoms with Crippen molar-refractivity contribution in [2.24, 2.45) is 0 Å². The lowest BCUT2D eigenvalue weighted by molar-refractivity contribution is -0.135. The van der Waals surface area contributed by atoms with E-state index in [1.807, 2.05) is 24.0 Å². The van der Waals surface area contributed by atoms with Crippen LogP contribution < -0.4 is 10.6 Å². The maximum Gasteiger partial charge on any atom is 0.240 e. The zero-order valence-electron chi connectivity index (χ0n) is 19.4. The highest BCUT2D eigenvalue weighted by Gasteiger charge is 2.33. The van der Waals surface area contributed by atoms with Crippen molar-refractivity contribution in [2.75, 3.05) is 11.9 Å².